The Balaban J connectivity index is 1.37. The minimum Gasteiger partial charge on any atom is -0.340 e. The molecule has 2 aromatic heterocycles. The molecule has 0 saturated heterocycles. The highest BCUT2D eigenvalue weighted by Gasteiger charge is 2.44. The molecule has 0 radical (unpaired) electrons. The SMILES string of the molecule is N#CC1(c2ccc(Cl)cc2Cl)C=NC(SCc2cc(Nc3cc(Cl)c(Cl)c(Cl)c3)n3ncnc3n2)NC1=O. The molecule has 2 atom stereocenters. The molecular weight excluding hydrogens is 614 g/mol. The first-order chi connectivity index (χ1) is 18.2. The fourth-order valence-electron chi connectivity index (χ4n) is 3.69. The van der Waals surface area contributed by atoms with Crippen molar-refractivity contribution < 1.29 is 4.79 Å². The number of fused-ring (bicyclic) bond motifs is 1. The summed E-state index contributed by atoms with van der Waals surface area (Å²) in [6.07, 6.45) is 2.69. The maximum absolute atomic E-state index is 13.1. The standard InChI is InChI=1S/C23H13Cl5N8OS/c24-11-1-2-14(15(25)3-11)23(8-29)9-30-22(35-20(23)37)38-7-13-6-18(36-21(34-13)31-10-32-36)33-12-4-16(26)19(28)17(27)5-12/h1-6,9-10,22,33H,7H2,(H,35,37). The van der Waals surface area contributed by atoms with Crippen LogP contribution in [0.25, 0.3) is 5.78 Å². The predicted octanol–water partition coefficient (Wildman–Crippen LogP) is 6.31. The lowest BCUT2D eigenvalue weighted by molar-refractivity contribution is -0.123. The van der Waals surface area contributed by atoms with Crippen molar-refractivity contribution in [1.82, 2.24) is 24.9 Å². The molecule has 192 valence electrons. The summed E-state index contributed by atoms with van der Waals surface area (Å²) in [5, 5.41) is 21.5. The molecule has 9 nitrogen and oxygen atoms in total. The van der Waals surface area contributed by atoms with Gasteiger partial charge in [0.2, 0.25) is 0 Å². The number of aliphatic imine (C=N–C) groups is 1. The number of nitrogens with zero attached hydrogens (tertiary/aromatic N) is 6. The Morgan fingerprint density at radius 3 is 2.55 bits per heavy atom. The number of carbonyl (C=O) groups is 1. The number of amides is 1. The van der Waals surface area contributed by atoms with Gasteiger partial charge in [-0.25, -0.2) is 4.98 Å². The van der Waals surface area contributed by atoms with Gasteiger partial charge in [0, 0.05) is 39.3 Å². The number of benzene rings is 2. The van der Waals surface area contributed by atoms with Crippen LogP contribution in [0.1, 0.15) is 11.3 Å². The van der Waals surface area contributed by atoms with E-state index in [0.29, 0.717) is 49.4 Å². The van der Waals surface area contributed by atoms with Gasteiger partial charge >= 0.3 is 0 Å². The van der Waals surface area contributed by atoms with Crippen molar-refractivity contribution in [2.45, 2.75) is 16.7 Å². The molecule has 1 aliphatic heterocycles. The van der Waals surface area contributed by atoms with Gasteiger partial charge in [0.25, 0.3) is 11.7 Å². The van der Waals surface area contributed by atoms with Gasteiger partial charge < -0.3 is 10.6 Å². The fraction of sp³-hybridized carbons (Fsp3) is 0.130. The molecule has 0 bridgehead atoms. The third kappa shape index (κ3) is 5.10. The maximum Gasteiger partial charge on any atom is 0.254 e. The van der Waals surface area contributed by atoms with Gasteiger partial charge in [-0.05, 0) is 24.3 Å². The second-order valence-electron chi connectivity index (χ2n) is 7.94. The highest BCUT2D eigenvalue weighted by Crippen LogP contribution is 2.36. The summed E-state index contributed by atoms with van der Waals surface area (Å²) in [5.41, 5.74) is -0.810. The van der Waals surface area contributed by atoms with E-state index >= 15 is 0 Å². The Hall–Kier alpha value is -2.78. The molecule has 38 heavy (non-hydrogen) atoms. The van der Waals surface area contributed by atoms with E-state index in [1.165, 1.54) is 34.9 Å². The number of carbonyl (C=O) groups excluding carboxylic acids is 1. The van der Waals surface area contributed by atoms with Crippen molar-refractivity contribution in [2.75, 3.05) is 5.32 Å². The lowest BCUT2D eigenvalue weighted by atomic mass is 9.81. The van der Waals surface area contributed by atoms with Crippen LogP contribution in [0.2, 0.25) is 25.1 Å². The molecule has 15 heteroatoms. The van der Waals surface area contributed by atoms with Crippen molar-refractivity contribution in [3.63, 3.8) is 0 Å². The van der Waals surface area contributed by atoms with Gasteiger partial charge in [-0.2, -0.15) is 19.9 Å². The zero-order valence-electron chi connectivity index (χ0n) is 18.8. The van der Waals surface area contributed by atoms with Gasteiger partial charge in [-0.15, -0.1) is 11.8 Å². The normalized spacial score (nSPS) is 18.8. The summed E-state index contributed by atoms with van der Waals surface area (Å²) in [6, 6.07) is 11.7. The van der Waals surface area contributed by atoms with E-state index in [4.69, 9.17) is 58.0 Å². The topological polar surface area (TPSA) is 120 Å². The molecule has 0 aliphatic carbocycles. The van der Waals surface area contributed by atoms with E-state index < -0.39 is 16.8 Å². The fourth-order valence-corrected chi connectivity index (χ4v) is 5.66. The molecule has 5 rings (SSSR count). The second-order valence-corrected chi connectivity index (χ2v) is 11.0. The second kappa shape index (κ2) is 10.8. The van der Waals surface area contributed by atoms with Gasteiger partial charge in [-0.1, -0.05) is 64.1 Å². The highest BCUT2D eigenvalue weighted by molar-refractivity contribution is 7.99. The van der Waals surface area contributed by atoms with Crippen LogP contribution in [-0.4, -0.2) is 37.2 Å². The largest absolute Gasteiger partial charge is 0.340 e. The number of anilines is 2. The van der Waals surface area contributed by atoms with Gasteiger partial charge in [0.05, 0.1) is 26.8 Å². The van der Waals surface area contributed by atoms with E-state index in [-0.39, 0.29) is 10.0 Å². The Kier molecular flexibility index (Phi) is 7.60. The number of rotatable bonds is 6. The average Bonchev–Trinajstić information content (AvgIpc) is 3.36. The Morgan fingerprint density at radius 1 is 1.11 bits per heavy atom. The van der Waals surface area contributed by atoms with Crippen LogP contribution < -0.4 is 10.6 Å². The Labute approximate surface area is 245 Å². The number of hydrogen-bond donors (Lipinski definition) is 2. The van der Waals surface area contributed by atoms with E-state index in [0.717, 1.165) is 0 Å². The molecule has 1 amide bonds. The number of aromatic nitrogens is 4. The van der Waals surface area contributed by atoms with Crippen molar-refractivity contribution >= 4 is 99.2 Å². The van der Waals surface area contributed by atoms with Crippen molar-refractivity contribution in [3.8, 4) is 6.07 Å². The Morgan fingerprint density at radius 2 is 1.87 bits per heavy atom. The summed E-state index contributed by atoms with van der Waals surface area (Å²) < 4.78 is 1.52. The first-order valence-corrected chi connectivity index (χ1v) is 13.6. The molecule has 3 heterocycles. The molecule has 2 aromatic carbocycles. The number of nitriles is 1. The summed E-state index contributed by atoms with van der Waals surface area (Å²) in [6.45, 7) is 0. The average molecular weight is 627 g/mol. The predicted molar refractivity (Wildman–Crippen MR) is 151 cm³/mol. The highest BCUT2D eigenvalue weighted by atomic mass is 35.5. The van der Waals surface area contributed by atoms with Crippen molar-refractivity contribution in [3.05, 3.63) is 79.1 Å². The molecule has 2 N–H and O–H groups in total. The lowest BCUT2D eigenvalue weighted by Gasteiger charge is -2.29. The van der Waals surface area contributed by atoms with Crippen LogP contribution in [0.15, 0.2) is 47.7 Å². The first kappa shape index (κ1) is 26.8. The zero-order valence-corrected chi connectivity index (χ0v) is 23.4. The molecule has 0 fully saturated rings. The molecule has 0 spiro atoms. The van der Waals surface area contributed by atoms with Crippen molar-refractivity contribution in [1.29, 1.82) is 5.26 Å². The minimum absolute atomic E-state index is 0.195. The molecule has 1 aliphatic rings. The van der Waals surface area contributed by atoms with Gasteiger partial charge in [0.1, 0.15) is 12.1 Å². The first-order valence-electron chi connectivity index (χ1n) is 10.6. The lowest BCUT2D eigenvalue weighted by Crippen LogP contribution is -2.51. The van der Waals surface area contributed by atoms with E-state index in [1.807, 2.05) is 6.07 Å². The third-order valence-corrected chi connectivity index (χ3v) is 8.26. The molecule has 2 unspecified atom stereocenters. The summed E-state index contributed by atoms with van der Waals surface area (Å²) in [7, 11) is 0. The van der Waals surface area contributed by atoms with Crippen molar-refractivity contribution in [2.24, 2.45) is 4.99 Å². The van der Waals surface area contributed by atoms with E-state index in [9.17, 15) is 10.1 Å². The maximum atomic E-state index is 13.1. The van der Waals surface area contributed by atoms with Crippen LogP contribution in [0, 0.1) is 11.3 Å². The zero-order chi connectivity index (χ0) is 27.0. The van der Waals surface area contributed by atoms with E-state index in [1.54, 1.807) is 30.3 Å². The van der Waals surface area contributed by atoms with Gasteiger partial charge in [-0.3, -0.25) is 9.79 Å². The quantitative estimate of drug-likeness (QED) is 0.241. The number of nitrogens with one attached hydrogen (secondary N) is 2. The van der Waals surface area contributed by atoms with Crippen LogP contribution in [0.5, 0.6) is 0 Å². The molecular formula is C23H13Cl5N8OS. The Bertz CT molecular complexity index is 1630. The smallest absolute Gasteiger partial charge is 0.254 e. The summed E-state index contributed by atoms with van der Waals surface area (Å²) in [4.78, 5) is 26.2. The van der Waals surface area contributed by atoms with E-state index in [2.05, 4.69) is 30.7 Å². The monoisotopic (exact) mass is 624 g/mol. The third-order valence-electron chi connectivity index (χ3n) is 5.50. The number of halogens is 5. The summed E-state index contributed by atoms with van der Waals surface area (Å²) in [5.74, 6) is 0.712. The van der Waals surface area contributed by atoms with Crippen LogP contribution >= 0.6 is 69.8 Å². The number of hydrogen-bond acceptors (Lipinski definition) is 8. The minimum atomic E-state index is -1.67. The van der Waals surface area contributed by atoms with Crippen LogP contribution in [-0.2, 0) is 16.0 Å². The van der Waals surface area contributed by atoms with Gasteiger partial charge in [0.15, 0.2) is 10.9 Å². The van der Waals surface area contributed by atoms with Crippen LogP contribution in [0.3, 0.4) is 0 Å². The summed E-state index contributed by atoms with van der Waals surface area (Å²) >= 11 is 31.9. The number of thioether (sulfide) groups is 1. The molecule has 0 saturated carbocycles. The molecule has 4 aromatic rings. The van der Waals surface area contributed by atoms with Crippen LogP contribution in [0.4, 0.5) is 11.5 Å².